The molecule has 0 aliphatic carbocycles. The number of rotatable bonds is 1. The van der Waals surface area contributed by atoms with Crippen LogP contribution >= 0.6 is 0 Å². The fraction of sp³-hybridized carbons (Fsp3) is 0.300. The highest BCUT2D eigenvalue weighted by molar-refractivity contribution is 5.96. The monoisotopic (exact) mass is 192 g/mol. The van der Waals surface area contributed by atoms with Crippen LogP contribution in [0.3, 0.4) is 0 Å². The van der Waals surface area contributed by atoms with Crippen molar-refractivity contribution in [2.45, 2.75) is 13.0 Å². The Bertz CT molecular complexity index is 363. The van der Waals surface area contributed by atoms with Gasteiger partial charge in [0.05, 0.1) is 18.0 Å². The number of carbonyl (C=O) groups is 1. The van der Waals surface area contributed by atoms with Gasteiger partial charge in [-0.25, -0.2) is 0 Å². The molecule has 14 heavy (non-hydrogen) atoms. The van der Waals surface area contributed by atoms with Gasteiger partial charge >= 0.3 is 0 Å². The van der Waals surface area contributed by atoms with Crippen LogP contribution in [0.5, 0.6) is 0 Å². The summed E-state index contributed by atoms with van der Waals surface area (Å²) in [5, 5.41) is 14.9. The number of carbonyl (C=O) groups excluding carboxylic acids is 1. The standard InChI is InChI=1S/C10H12N2O2/c13-6-7-1-2-8-9(5-7)12-10(14)3-4-11-8/h1-2,5,11,13H,3-4,6H2,(H,12,14). The Morgan fingerprint density at radius 1 is 1.36 bits per heavy atom. The maximum absolute atomic E-state index is 11.2. The van der Waals surface area contributed by atoms with E-state index in [9.17, 15) is 4.79 Å². The number of hydrogen-bond donors (Lipinski definition) is 3. The molecule has 1 aliphatic heterocycles. The van der Waals surface area contributed by atoms with Crippen molar-refractivity contribution in [3.8, 4) is 0 Å². The lowest BCUT2D eigenvalue weighted by Crippen LogP contribution is -2.10. The SMILES string of the molecule is O=C1CCNc2ccc(CO)cc2N1. The van der Waals surface area contributed by atoms with Gasteiger partial charge in [0, 0.05) is 13.0 Å². The van der Waals surface area contributed by atoms with E-state index in [0.29, 0.717) is 13.0 Å². The summed E-state index contributed by atoms with van der Waals surface area (Å²) in [4.78, 5) is 11.2. The molecular weight excluding hydrogens is 180 g/mol. The molecule has 0 saturated carbocycles. The van der Waals surface area contributed by atoms with E-state index in [1.807, 2.05) is 12.1 Å². The average molecular weight is 192 g/mol. The van der Waals surface area contributed by atoms with Gasteiger partial charge in [0.25, 0.3) is 0 Å². The van der Waals surface area contributed by atoms with E-state index in [-0.39, 0.29) is 12.5 Å². The highest BCUT2D eigenvalue weighted by Crippen LogP contribution is 2.25. The molecule has 0 aromatic heterocycles. The molecule has 74 valence electrons. The molecule has 1 aromatic rings. The van der Waals surface area contributed by atoms with Gasteiger partial charge in [-0.05, 0) is 17.7 Å². The number of amides is 1. The normalized spacial score (nSPS) is 15.1. The maximum atomic E-state index is 11.2. The molecule has 1 aromatic carbocycles. The van der Waals surface area contributed by atoms with Crippen LogP contribution in [-0.4, -0.2) is 17.6 Å². The Labute approximate surface area is 81.9 Å². The minimum absolute atomic E-state index is 0.00587. The van der Waals surface area contributed by atoms with Crippen LogP contribution in [0.4, 0.5) is 11.4 Å². The summed E-state index contributed by atoms with van der Waals surface area (Å²) in [5.41, 5.74) is 2.46. The molecule has 1 aliphatic rings. The summed E-state index contributed by atoms with van der Waals surface area (Å²) in [6, 6.07) is 5.49. The highest BCUT2D eigenvalue weighted by Gasteiger charge is 2.11. The topological polar surface area (TPSA) is 61.4 Å². The predicted molar refractivity (Wildman–Crippen MR) is 54.1 cm³/mol. The molecule has 2 rings (SSSR count). The Kier molecular flexibility index (Phi) is 2.37. The van der Waals surface area contributed by atoms with Gasteiger partial charge in [-0.3, -0.25) is 4.79 Å². The van der Waals surface area contributed by atoms with E-state index in [0.717, 1.165) is 16.9 Å². The predicted octanol–water partition coefficient (Wildman–Crippen LogP) is 0.933. The summed E-state index contributed by atoms with van der Waals surface area (Å²) in [7, 11) is 0. The second-order valence-corrected chi connectivity index (χ2v) is 3.26. The Morgan fingerprint density at radius 3 is 3.00 bits per heavy atom. The number of aliphatic hydroxyl groups excluding tert-OH is 1. The molecule has 0 spiro atoms. The number of aliphatic hydroxyl groups is 1. The second kappa shape index (κ2) is 3.67. The molecule has 4 nitrogen and oxygen atoms in total. The second-order valence-electron chi connectivity index (χ2n) is 3.26. The minimum atomic E-state index is -0.0108. The van der Waals surface area contributed by atoms with Crippen molar-refractivity contribution in [3.05, 3.63) is 23.8 Å². The van der Waals surface area contributed by atoms with Crippen LogP contribution in [0.25, 0.3) is 0 Å². The zero-order chi connectivity index (χ0) is 9.97. The van der Waals surface area contributed by atoms with Crippen LogP contribution < -0.4 is 10.6 Å². The van der Waals surface area contributed by atoms with E-state index in [1.54, 1.807) is 6.07 Å². The van der Waals surface area contributed by atoms with Crippen molar-refractivity contribution in [2.75, 3.05) is 17.2 Å². The third-order valence-electron chi connectivity index (χ3n) is 2.21. The number of anilines is 2. The zero-order valence-electron chi connectivity index (χ0n) is 7.71. The molecule has 4 heteroatoms. The molecule has 1 heterocycles. The number of nitrogens with one attached hydrogen (secondary N) is 2. The van der Waals surface area contributed by atoms with Crippen molar-refractivity contribution in [1.82, 2.24) is 0 Å². The zero-order valence-corrected chi connectivity index (χ0v) is 7.71. The molecule has 3 N–H and O–H groups in total. The van der Waals surface area contributed by atoms with Gasteiger partial charge in [0.2, 0.25) is 5.91 Å². The summed E-state index contributed by atoms with van der Waals surface area (Å²) in [6.45, 7) is 0.639. The van der Waals surface area contributed by atoms with E-state index in [4.69, 9.17) is 5.11 Å². The largest absolute Gasteiger partial charge is 0.392 e. The maximum Gasteiger partial charge on any atom is 0.226 e. The Morgan fingerprint density at radius 2 is 2.21 bits per heavy atom. The lowest BCUT2D eigenvalue weighted by molar-refractivity contribution is -0.115. The highest BCUT2D eigenvalue weighted by atomic mass is 16.3. The lowest BCUT2D eigenvalue weighted by Gasteiger charge is -2.08. The molecular formula is C10H12N2O2. The molecule has 0 atom stereocenters. The van der Waals surface area contributed by atoms with Crippen LogP contribution in [0.15, 0.2) is 18.2 Å². The van der Waals surface area contributed by atoms with E-state index in [2.05, 4.69) is 10.6 Å². The molecule has 0 fully saturated rings. The molecule has 0 unspecified atom stereocenters. The molecule has 0 saturated heterocycles. The van der Waals surface area contributed by atoms with Gasteiger partial charge in [-0.15, -0.1) is 0 Å². The van der Waals surface area contributed by atoms with Crippen molar-refractivity contribution in [1.29, 1.82) is 0 Å². The van der Waals surface area contributed by atoms with E-state index >= 15 is 0 Å². The third kappa shape index (κ3) is 1.70. The number of hydrogen-bond acceptors (Lipinski definition) is 3. The molecule has 0 radical (unpaired) electrons. The summed E-state index contributed by atoms with van der Waals surface area (Å²) < 4.78 is 0. The van der Waals surface area contributed by atoms with Gasteiger partial charge in [0.15, 0.2) is 0 Å². The summed E-state index contributed by atoms with van der Waals surface area (Å²) in [5.74, 6) is 0.00587. The van der Waals surface area contributed by atoms with E-state index < -0.39 is 0 Å². The minimum Gasteiger partial charge on any atom is -0.392 e. The third-order valence-corrected chi connectivity index (χ3v) is 2.21. The number of benzene rings is 1. The van der Waals surface area contributed by atoms with Gasteiger partial charge in [-0.2, -0.15) is 0 Å². The average Bonchev–Trinajstić information content (AvgIpc) is 2.37. The number of fused-ring (bicyclic) bond motifs is 1. The van der Waals surface area contributed by atoms with Gasteiger partial charge < -0.3 is 15.7 Å². The van der Waals surface area contributed by atoms with Crippen LogP contribution in [0.2, 0.25) is 0 Å². The van der Waals surface area contributed by atoms with Crippen molar-refractivity contribution >= 4 is 17.3 Å². The molecule has 0 bridgehead atoms. The van der Waals surface area contributed by atoms with E-state index in [1.165, 1.54) is 0 Å². The fourth-order valence-electron chi connectivity index (χ4n) is 1.47. The van der Waals surface area contributed by atoms with Crippen LogP contribution in [0, 0.1) is 0 Å². The van der Waals surface area contributed by atoms with Crippen molar-refractivity contribution < 1.29 is 9.90 Å². The first-order valence-electron chi connectivity index (χ1n) is 4.57. The first kappa shape index (κ1) is 9.02. The Hall–Kier alpha value is -1.55. The van der Waals surface area contributed by atoms with Crippen molar-refractivity contribution in [2.24, 2.45) is 0 Å². The van der Waals surface area contributed by atoms with Gasteiger partial charge in [-0.1, -0.05) is 6.07 Å². The first-order chi connectivity index (χ1) is 6.79. The smallest absolute Gasteiger partial charge is 0.226 e. The van der Waals surface area contributed by atoms with Crippen LogP contribution in [0.1, 0.15) is 12.0 Å². The summed E-state index contributed by atoms with van der Waals surface area (Å²) >= 11 is 0. The van der Waals surface area contributed by atoms with Crippen LogP contribution in [-0.2, 0) is 11.4 Å². The van der Waals surface area contributed by atoms with Gasteiger partial charge in [0.1, 0.15) is 0 Å². The lowest BCUT2D eigenvalue weighted by atomic mass is 10.2. The Balaban J connectivity index is 2.36. The summed E-state index contributed by atoms with van der Waals surface area (Å²) in [6.07, 6.45) is 0.475. The first-order valence-corrected chi connectivity index (χ1v) is 4.57. The van der Waals surface area contributed by atoms with Crippen molar-refractivity contribution in [3.63, 3.8) is 0 Å². The molecule has 1 amide bonds. The quantitative estimate of drug-likeness (QED) is 0.620. The fourth-order valence-corrected chi connectivity index (χ4v) is 1.47.